The second kappa shape index (κ2) is 4.88. The Kier molecular flexibility index (Phi) is 3.45. The van der Waals surface area contributed by atoms with Gasteiger partial charge in [-0.1, -0.05) is 6.92 Å². The van der Waals surface area contributed by atoms with Gasteiger partial charge < -0.3 is 14.8 Å². The van der Waals surface area contributed by atoms with Crippen molar-refractivity contribution >= 4 is 11.6 Å². The van der Waals surface area contributed by atoms with E-state index in [2.05, 4.69) is 12.2 Å². The van der Waals surface area contributed by atoms with E-state index in [1.807, 2.05) is 13.0 Å². The smallest absolute Gasteiger partial charge is 0.227 e. The molecule has 0 bridgehead atoms. The largest absolute Gasteiger partial charge is 0.493 e. The molecule has 0 unspecified atom stereocenters. The Balaban J connectivity index is 2.19. The first-order valence-corrected chi connectivity index (χ1v) is 6.10. The van der Waals surface area contributed by atoms with Crippen LogP contribution in [0.4, 0.5) is 5.69 Å². The van der Waals surface area contributed by atoms with Gasteiger partial charge in [0.05, 0.1) is 14.2 Å². The molecule has 2 rings (SSSR count). The van der Waals surface area contributed by atoms with Gasteiger partial charge in [0.15, 0.2) is 11.5 Å². The van der Waals surface area contributed by atoms with Gasteiger partial charge in [0.2, 0.25) is 5.91 Å². The lowest BCUT2D eigenvalue weighted by molar-refractivity contribution is -0.117. The molecule has 1 aliphatic carbocycles. The number of anilines is 1. The highest BCUT2D eigenvalue weighted by Gasteiger charge is 2.39. The summed E-state index contributed by atoms with van der Waals surface area (Å²) in [5, 5.41) is 2.95. The van der Waals surface area contributed by atoms with Crippen LogP contribution in [0.2, 0.25) is 0 Å². The van der Waals surface area contributed by atoms with E-state index in [0.29, 0.717) is 17.4 Å². The SMILES string of the molecule is COc1cc(C)c(NC(=O)[C@H]2C[C@H]2C)cc1OC. The summed E-state index contributed by atoms with van der Waals surface area (Å²) in [5.41, 5.74) is 1.76. The summed E-state index contributed by atoms with van der Waals surface area (Å²) in [6, 6.07) is 3.67. The summed E-state index contributed by atoms with van der Waals surface area (Å²) in [4.78, 5) is 11.9. The summed E-state index contributed by atoms with van der Waals surface area (Å²) in [6.45, 7) is 4.03. The number of rotatable bonds is 4. The normalized spacial score (nSPS) is 21.3. The summed E-state index contributed by atoms with van der Waals surface area (Å²) in [5.74, 6) is 2.07. The van der Waals surface area contributed by atoms with Crippen molar-refractivity contribution in [3.05, 3.63) is 17.7 Å². The van der Waals surface area contributed by atoms with Crippen molar-refractivity contribution in [3.63, 3.8) is 0 Å². The molecule has 0 saturated heterocycles. The van der Waals surface area contributed by atoms with Gasteiger partial charge in [-0.25, -0.2) is 0 Å². The molecule has 0 spiro atoms. The Morgan fingerprint density at radius 2 is 1.83 bits per heavy atom. The molecule has 0 aliphatic heterocycles. The number of nitrogens with one attached hydrogen (secondary N) is 1. The second-order valence-electron chi connectivity index (χ2n) is 4.83. The molecular formula is C14H19NO3. The first-order chi connectivity index (χ1) is 8.56. The van der Waals surface area contributed by atoms with Gasteiger partial charge in [-0.3, -0.25) is 4.79 Å². The fourth-order valence-electron chi connectivity index (χ4n) is 2.03. The fourth-order valence-corrected chi connectivity index (χ4v) is 2.03. The number of ether oxygens (including phenoxy) is 2. The minimum Gasteiger partial charge on any atom is -0.493 e. The number of amides is 1. The molecule has 1 saturated carbocycles. The second-order valence-corrected chi connectivity index (χ2v) is 4.83. The molecule has 98 valence electrons. The molecule has 2 atom stereocenters. The molecule has 0 aromatic heterocycles. The molecule has 4 nitrogen and oxygen atoms in total. The summed E-state index contributed by atoms with van der Waals surface area (Å²) in [7, 11) is 3.18. The molecule has 1 aliphatic rings. The van der Waals surface area contributed by atoms with Crippen molar-refractivity contribution < 1.29 is 14.3 Å². The molecule has 1 aromatic rings. The van der Waals surface area contributed by atoms with Crippen LogP contribution in [0.25, 0.3) is 0 Å². The monoisotopic (exact) mass is 249 g/mol. The van der Waals surface area contributed by atoms with Crippen LogP contribution in [0.15, 0.2) is 12.1 Å². The zero-order valence-corrected chi connectivity index (χ0v) is 11.2. The molecular weight excluding hydrogens is 230 g/mol. The third-order valence-electron chi connectivity index (χ3n) is 3.43. The first kappa shape index (κ1) is 12.7. The third-order valence-corrected chi connectivity index (χ3v) is 3.43. The zero-order valence-electron chi connectivity index (χ0n) is 11.2. The fraction of sp³-hybridized carbons (Fsp3) is 0.500. The first-order valence-electron chi connectivity index (χ1n) is 6.10. The highest BCUT2D eigenvalue weighted by molar-refractivity contribution is 5.95. The van der Waals surface area contributed by atoms with Gasteiger partial charge in [0, 0.05) is 17.7 Å². The van der Waals surface area contributed by atoms with E-state index in [-0.39, 0.29) is 11.8 Å². The van der Waals surface area contributed by atoms with E-state index in [1.165, 1.54) is 0 Å². The maximum Gasteiger partial charge on any atom is 0.227 e. The van der Waals surface area contributed by atoms with Gasteiger partial charge in [0.1, 0.15) is 0 Å². The quantitative estimate of drug-likeness (QED) is 0.892. The third kappa shape index (κ3) is 2.42. The van der Waals surface area contributed by atoms with Gasteiger partial charge in [0.25, 0.3) is 0 Å². The van der Waals surface area contributed by atoms with Gasteiger partial charge >= 0.3 is 0 Å². The predicted molar refractivity (Wildman–Crippen MR) is 70.2 cm³/mol. The summed E-state index contributed by atoms with van der Waals surface area (Å²) >= 11 is 0. The molecule has 1 fully saturated rings. The average molecular weight is 249 g/mol. The number of hydrogen-bond donors (Lipinski definition) is 1. The van der Waals surface area contributed by atoms with Crippen molar-refractivity contribution in [2.75, 3.05) is 19.5 Å². The van der Waals surface area contributed by atoms with Crippen molar-refractivity contribution in [1.82, 2.24) is 0 Å². The molecule has 1 N–H and O–H groups in total. The minimum atomic E-state index is 0.0952. The maximum absolute atomic E-state index is 11.9. The lowest BCUT2D eigenvalue weighted by Crippen LogP contribution is -2.15. The average Bonchev–Trinajstić information content (AvgIpc) is 3.08. The number of carbonyl (C=O) groups excluding carboxylic acids is 1. The Hall–Kier alpha value is -1.71. The van der Waals surface area contributed by atoms with Crippen LogP contribution in [0.3, 0.4) is 0 Å². The summed E-state index contributed by atoms with van der Waals surface area (Å²) < 4.78 is 10.5. The predicted octanol–water partition coefficient (Wildman–Crippen LogP) is 2.61. The van der Waals surface area contributed by atoms with Crippen molar-refractivity contribution in [3.8, 4) is 11.5 Å². The topological polar surface area (TPSA) is 47.6 Å². The van der Waals surface area contributed by atoms with Crippen LogP contribution in [-0.2, 0) is 4.79 Å². The number of benzene rings is 1. The highest BCUT2D eigenvalue weighted by atomic mass is 16.5. The molecule has 0 radical (unpaired) electrons. The van der Waals surface area contributed by atoms with E-state index in [4.69, 9.17) is 9.47 Å². The lowest BCUT2D eigenvalue weighted by atomic mass is 10.1. The van der Waals surface area contributed by atoms with E-state index in [1.54, 1.807) is 20.3 Å². The lowest BCUT2D eigenvalue weighted by Gasteiger charge is -2.13. The van der Waals surface area contributed by atoms with Crippen LogP contribution >= 0.6 is 0 Å². The number of methoxy groups -OCH3 is 2. The Morgan fingerprint density at radius 1 is 1.28 bits per heavy atom. The molecule has 18 heavy (non-hydrogen) atoms. The maximum atomic E-state index is 11.9. The summed E-state index contributed by atoms with van der Waals surface area (Å²) in [6.07, 6.45) is 0.984. The van der Waals surface area contributed by atoms with Gasteiger partial charge in [-0.15, -0.1) is 0 Å². The van der Waals surface area contributed by atoms with Crippen LogP contribution < -0.4 is 14.8 Å². The van der Waals surface area contributed by atoms with Crippen molar-refractivity contribution in [1.29, 1.82) is 0 Å². The van der Waals surface area contributed by atoms with E-state index < -0.39 is 0 Å². The Bertz CT molecular complexity index is 470. The van der Waals surface area contributed by atoms with Crippen molar-refractivity contribution in [2.24, 2.45) is 11.8 Å². The van der Waals surface area contributed by atoms with E-state index in [9.17, 15) is 4.79 Å². The standard InChI is InChI=1S/C14H19NO3/c1-8-5-10(8)14(16)15-11-7-13(18-4)12(17-3)6-9(11)2/h6-8,10H,5H2,1-4H3,(H,15,16)/t8-,10+/m1/s1. The van der Waals surface area contributed by atoms with E-state index >= 15 is 0 Å². The Labute approximate surface area is 107 Å². The highest BCUT2D eigenvalue weighted by Crippen LogP contribution is 2.39. The van der Waals surface area contributed by atoms with Crippen LogP contribution in [0.1, 0.15) is 18.9 Å². The minimum absolute atomic E-state index is 0.0952. The zero-order chi connectivity index (χ0) is 13.3. The molecule has 1 amide bonds. The van der Waals surface area contributed by atoms with Crippen LogP contribution in [0, 0.1) is 18.8 Å². The molecule has 0 heterocycles. The van der Waals surface area contributed by atoms with Crippen LogP contribution in [0.5, 0.6) is 11.5 Å². The van der Waals surface area contributed by atoms with Gasteiger partial charge in [-0.2, -0.15) is 0 Å². The van der Waals surface area contributed by atoms with Gasteiger partial charge in [-0.05, 0) is 30.9 Å². The number of hydrogen-bond acceptors (Lipinski definition) is 3. The number of aryl methyl sites for hydroxylation is 1. The molecule has 4 heteroatoms. The van der Waals surface area contributed by atoms with Crippen LogP contribution in [-0.4, -0.2) is 20.1 Å². The molecule has 1 aromatic carbocycles. The Morgan fingerprint density at radius 3 is 2.33 bits per heavy atom. The number of carbonyl (C=O) groups is 1. The van der Waals surface area contributed by atoms with E-state index in [0.717, 1.165) is 17.7 Å². The van der Waals surface area contributed by atoms with Crippen molar-refractivity contribution in [2.45, 2.75) is 20.3 Å².